The van der Waals surface area contributed by atoms with E-state index in [4.69, 9.17) is 13.4 Å². The molecule has 0 aliphatic heterocycles. The maximum atomic E-state index is 6.56. The molecule has 3 aromatic rings. The molecule has 6 nitrogen and oxygen atoms in total. The standard InChI is InChI=1S/C31H47N3O3Si2/c1-24(37-39(10,11)31(5,6)7)29-32-19-20-34(29)23-27-22-28(36-33-27)17-16-25-12-14-26(15-13-25)18-21-35-38(8,9)30(2,3)4/h12-15,19-20,22,24H,18,21,23H2,1-11H3. The van der Waals surface area contributed by atoms with E-state index in [1.807, 2.05) is 30.6 Å². The number of nitrogens with zero attached hydrogens (tertiary/aromatic N) is 3. The van der Waals surface area contributed by atoms with E-state index < -0.39 is 16.6 Å². The van der Waals surface area contributed by atoms with E-state index >= 15 is 0 Å². The monoisotopic (exact) mass is 565 g/mol. The van der Waals surface area contributed by atoms with Crippen molar-refractivity contribution < 1.29 is 13.4 Å². The van der Waals surface area contributed by atoms with Gasteiger partial charge in [0.15, 0.2) is 16.6 Å². The first-order valence-electron chi connectivity index (χ1n) is 13.9. The number of imidazole rings is 1. The van der Waals surface area contributed by atoms with Gasteiger partial charge in [-0.2, -0.15) is 0 Å². The molecule has 39 heavy (non-hydrogen) atoms. The fourth-order valence-corrected chi connectivity index (χ4v) is 6.02. The Morgan fingerprint density at radius 3 is 2.21 bits per heavy atom. The van der Waals surface area contributed by atoms with Crippen LogP contribution in [-0.2, 0) is 21.8 Å². The van der Waals surface area contributed by atoms with Crippen LogP contribution < -0.4 is 0 Å². The number of hydrogen-bond donors (Lipinski definition) is 0. The summed E-state index contributed by atoms with van der Waals surface area (Å²) in [6.07, 6.45) is 4.57. The molecule has 0 radical (unpaired) electrons. The highest BCUT2D eigenvalue weighted by Gasteiger charge is 2.39. The second-order valence-electron chi connectivity index (χ2n) is 13.4. The van der Waals surface area contributed by atoms with E-state index in [0.29, 0.717) is 12.3 Å². The Hall–Kier alpha value is -2.45. The van der Waals surface area contributed by atoms with Crippen LogP contribution in [-0.4, -0.2) is 37.9 Å². The van der Waals surface area contributed by atoms with Gasteiger partial charge in [0, 0.05) is 30.6 Å². The lowest BCUT2D eigenvalue weighted by Crippen LogP contribution is -2.41. The third-order valence-electron chi connectivity index (χ3n) is 8.22. The van der Waals surface area contributed by atoms with Gasteiger partial charge in [-0.15, -0.1) is 0 Å². The van der Waals surface area contributed by atoms with Gasteiger partial charge >= 0.3 is 0 Å². The van der Waals surface area contributed by atoms with E-state index in [1.54, 1.807) is 0 Å². The minimum atomic E-state index is -1.91. The zero-order valence-electron chi connectivity index (χ0n) is 25.8. The summed E-state index contributed by atoms with van der Waals surface area (Å²) in [6, 6.07) is 10.2. The summed E-state index contributed by atoms with van der Waals surface area (Å²) in [7, 11) is -3.63. The highest BCUT2D eigenvalue weighted by atomic mass is 28.4. The third-order valence-corrected chi connectivity index (χ3v) is 17.3. The van der Waals surface area contributed by atoms with Gasteiger partial charge in [-0.3, -0.25) is 0 Å². The van der Waals surface area contributed by atoms with E-state index in [2.05, 4.69) is 113 Å². The van der Waals surface area contributed by atoms with Gasteiger partial charge in [-0.05, 0) is 73.2 Å². The predicted octanol–water partition coefficient (Wildman–Crippen LogP) is 7.97. The van der Waals surface area contributed by atoms with Gasteiger partial charge in [0.2, 0.25) is 5.76 Å². The number of aromatic nitrogens is 3. The SMILES string of the molecule is CC(O[Si](C)(C)C(C)(C)C)c1nccn1Cc1cc(C#Cc2ccc(CCO[Si](C)(C)C(C)(C)C)cc2)on1. The molecule has 1 unspecified atom stereocenters. The Balaban J connectivity index is 1.58. The van der Waals surface area contributed by atoms with Gasteiger partial charge in [0.1, 0.15) is 17.6 Å². The molecule has 0 amide bonds. The van der Waals surface area contributed by atoms with Crippen molar-refractivity contribution in [3.63, 3.8) is 0 Å². The molecule has 1 aromatic carbocycles. The minimum Gasteiger partial charge on any atom is -0.416 e. The summed E-state index contributed by atoms with van der Waals surface area (Å²) in [4.78, 5) is 4.58. The fourth-order valence-electron chi connectivity index (χ4n) is 3.63. The van der Waals surface area contributed by atoms with Gasteiger partial charge in [-0.1, -0.05) is 64.8 Å². The van der Waals surface area contributed by atoms with Crippen LogP contribution in [0.4, 0.5) is 0 Å². The molecule has 2 heterocycles. The van der Waals surface area contributed by atoms with Crippen LogP contribution in [0.15, 0.2) is 47.2 Å². The summed E-state index contributed by atoms with van der Waals surface area (Å²) in [5.41, 5.74) is 3.00. The molecule has 0 saturated carbocycles. The zero-order valence-corrected chi connectivity index (χ0v) is 27.8. The Kier molecular flexibility index (Phi) is 9.54. The smallest absolute Gasteiger partial charge is 0.210 e. The number of benzene rings is 1. The van der Waals surface area contributed by atoms with Crippen LogP contribution in [0.2, 0.25) is 36.3 Å². The van der Waals surface area contributed by atoms with Gasteiger partial charge < -0.3 is 17.9 Å². The van der Waals surface area contributed by atoms with Crippen molar-refractivity contribution in [2.75, 3.05) is 6.61 Å². The Morgan fingerprint density at radius 2 is 1.59 bits per heavy atom. The molecular formula is C31H47N3O3Si2. The largest absolute Gasteiger partial charge is 0.416 e. The van der Waals surface area contributed by atoms with E-state index in [-0.39, 0.29) is 16.2 Å². The molecule has 0 aliphatic rings. The fraction of sp³-hybridized carbons (Fsp3) is 0.548. The summed E-state index contributed by atoms with van der Waals surface area (Å²) < 4.78 is 20.4. The average Bonchev–Trinajstić information content (AvgIpc) is 3.46. The van der Waals surface area contributed by atoms with Crippen molar-refractivity contribution in [3.05, 3.63) is 71.1 Å². The van der Waals surface area contributed by atoms with E-state index in [1.165, 1.54) is 5.56 Å². The lowest BCUT2D eigenvalue weighted by atomic mass is 10.1. The predicted molar refractivity (Wildman–Crippen MR) is 164 cm³/mol. The van der Waals surface area contributed by atoms with E-state index in [9.17, 15) is 0 Å². The molecular weight excluding hydrogens is 519 g/mol. The maximum Gasteiger partial charge on any atom is 0.210 e. The van der Waals surface area contributed by atoms with Crippen LogP contribution in [0, 0.1) is 11.8 Å². The lowest BCUT2D eigenvalue weighted by molar-refractivity contribution is 0.189. The van der Waals surface area contributed by atoms with Gasteiger partial charge in [-0.25, -0.2) is 4.98 Å². The molecule has 0 N–H and O–H groups in total. The van der Waals surface area contributed by atoms with Crippen LogP contribution in [0.5, 0.6) is 0 Å². The summed E-state index contributed by atoms with van der Waals surface area (Å²) in [5.74, 6) is 7.73. The Morgan fingerprint density at radius 1 is 0.949 bits per heavy atom. The average molecular weight is 566 g/mol. The zero-order chi connectivity index (χ0) is 29.1. The van der Waals surface area contributed by atoms with Crippen molar-refractivity contribution in [1.82, 2.24) is 14.7 Å². The molecule has 3 rings (SSSR count). The summed E-state index contributed by atoms with van der Waals surface area (Å²) in [5, 5.41) is 4.60. The molecule has 0 fully saturated rings. The second kappa shape index (κ2) is 12.0. The number of rotatable bonds is 9. The molecule has 0 saturated heterocycles. The first-order valence-corrected chi connectivity index (χ1v) is 19.7. The molecule has 212 valence electrons. The van der Waals surface area contributed by atoms with Gasteiger partial charge in [0.25, 0.3) is 0 Å². The highest BCUT2D eigenvalue weighted by Crippen LogP contribution is 2.39. The maximum absolute atomic E-state index is 6.56. The normalized spacial score (nSPS) is 13.7. The molecule has 0 aliphatic carbocycles. The van der Waals surface area contributed by atoms with Crippen LogP contribution >= 0.6 is 0 Å². The number of hydrogen-bond acceptors (Lipinski definition) is 5. The molecule has 2 aromatic heterocycles. The topological polar surface area (TPSA) is 62.3 Å². The van der Waals surface area contributed by atoms with Crippen molar-refractivity contribution in [2.24, 2.45) is 0 Å². The third kappa shape index (κ3) is 8.27. The Bertz CT molecular complexity index is 1280. The summed E-state index contributed by atoms with van der Waals surface area (Å²) >= 11 is 0. The molecule has 1 atom stereocenters. The van der Waals surface area contributed by atoms with Crippen molar-refractivity contribution in [2.45, 2.75) is 104 Å². The van der Waals surface area contributed by atoms with Crippen molar-refractivity contribution in [3.8, 4) is 11.8 Å². The molecule has 0 spiro atoms. The molecule has 8 heteroatoms. The first kappa shape index (κ1) is 31.1. The minimum absolute atomic E-state index is 0.103. The van der Waals surface area contributed by atoms with Gasteiger partial charge in [0.05, 0.1) is 6.54 Å². The van der Waals surface area contributed by atoms with Crippen LogP contribution in [0.25, 0.3) is 0 Å². The highest BCUT2D eigenvalue weighted by molar-refractivity contribution is 6.74. The summed E-state index contributed by atoms with van der Waals surface area (Å²) in [6.45, 7) is 26.0. The lowest BCUT2D eigenvalue weighted by Gasteiger charge is -2.38. The van der Waals surface area contributed by atoms with E-state index in [0.717, 1.165) is 30.1 Å². The van der Waals surface area contributed by atoms with Crippen LogP contribution in [0.3, 0.4) is 0 Å². The second-order valence-corrected chi connectivity index (χ2v) is 23.0. The molecule has 0 bridgehead atoms. The first-order chi connectivity index (χ1) is 18.0. The van der Waals surface area contributed by atoms with Crippen molar-refractivity contribution in [1.29, 1.82) is 0 Å². The van der Waals surface area contributed by atoms with Crippen LogP contribution in [0.1, 0.15) is 83.0 Å². The Labute approximate surface area is 237 Å². The quantitative estimate of drug-likeness (QED) is 0.194. The van der Waals surface area contributed by atoms with Crippen molar-refractivity contribution >= 4 is 16.6 Å².